The fourth-order valence-electron chi connectivity index (χ4n) is 2.68. The molecule has 21 heavy (non-hydrogen) atoms. The summed E-state index contributed by atoms with van der Waals surface area (Å²) in [7, 11) is 0. The van der Waals surface area contributed by atoms with E-state index >= 15 is 0 Å². The number of aliphatic carboxylic acids is 1. The van der Waals surface area contributed by atoms with E-state index in [1.807, 2.05) is 13.0 Å². The first-order chi connectivity index (χ1) is 10.1. The monoisotopic (exact) mass is 290 g/mol. The van der Waals surface area contributed by atoms with Crippen molar-refractivity contribution in [1.29, 1.82) is 0 Å². The predicted octanol–water partition coefficient (Wildman–Crippen LogP) is 1.40. The fraction of sp³-hybridized carbons (Fsp3) is 0.562. The number of hydrogen-bond acceptors (Lipinski definition) is 4. The second-order valence-corrected chi connectivity index (χ2v) is 6.04. The molecule has 5 nitrogen and oxygen atoms in total. The van der Waals surface area contributed by atoms with Gasteiger partial charge in [-0.25, -0.2) is 4.79 Å². The van der Waals surface area contributed by atoms with Crippen LogP contribution in [0.15, 0.2) is 18.2 Å². The molecule has 0 atom stereocenters. The molecule has 1 saturated heterocycles. The van der Waals surface area contributed by atoms with E-state index in [4.69, 9.17) is 4.74 Å². The average Bonchev–Trinajstić information content (AvgIpc) is 3.24. The van der Waals surface area contributed by atoms with Gasteiger partial charge in [-0.1, -0.05) is 12.1 Å². The summed E-state index contributed by atoms with van der Waals surface area (Å²) in [5, 5.41) is 12.6. The van der Waals surface area contributed by atoms with Crippen LogP contribution in [-0.4, -0.2) is 47.8 Å². The van der Waals surface area contributed by atoms with Crippen molar-refractivity contribution in [3.63, 3.8) is 0 Å². The number of carbonyl (C=O) groups is 1. The van der Waals surface area contributed by atoms with Crippen LogP contribution in [0.1, 0.15) is 24.0 Å². The molecule has 1 saturated carbocycles. The van der Waals surface area contributed by atoms with Crippen LogP contribution in [0.2, 0.25) is 0 Å². The van der Waals surface area contributed by atoms with Gasteiger partial charge in [-0.15, -0.1) is 0 Å². The Balaban J connectivity index is 1.78. The molecule has 0 radical (unpaired) electrons. The Morgan fingerprint density at radius 2 is 2.10 bits per heavy atom. The zero-order chi connectivity index (χ0) is 14.9. The number of carboxylic acid groups (broad SMARTS) is 1. The third-order valence-corrected chi connectivity index (χ3v) is 4.23. The van der Waals surface area contributed by atoms with Crippen molar-refractivity contribution in [1.82, 2.24) is 10.2 Å². The number of carboxylic acids is 1. The minimum atomic E-state index is -0.980. The van der Waals surface area contributed by atoms with Gasteiger partial charge in [-0.3, -0.25) is 4.90 Å². The number of aryl methyl sites for hydroxylation is 1. The molecule has 2 N–H and O–H groups in total. The zero-order valence-corrected chi connectivity index (χ0v) is 12.4. The van der Waals surface area contributed by atoms with Gasteiger partial charge < -0.3 is 15.2 Å². The normalized spacial score (nSPS) is 21.0. The molecule has 2 fully saturated rings. The van der Waals surface area contributed by atoms with Crippen LogP contribution in [0.3, 0.4) is 0 Å². The lowest BCUT2D eigenvalue weighted by Crippen LogP contribution is -2.43. The quantitative estimate of drug-likeness (QED) is 0.858. The van der Waals surface area contributed by atoms with Gasteiger partial charge in [-0.2, -0.15) is 0 Å². The van der Waals surface area contributed by atoms with Crippen LogP contribution >= 0.6 is 0 Å². The SMILES string of the molecule is Cc1ccc(CN2CCNCC2)c(OC2(C(=O)O)CC2)c1. The number of hydrogen-bond donors (Lipinski definition) is 2. The smallest absolute Gasteiger partial charge is 0.348 e. The van der Waals surface area contributed by atoms with Gasteiger partial charge in [0.25, 0.3) is 0 Å². The second-order valence-electron chi connectivity index (χ2n) is 6.04. The summed E-state index contributed by atoms with van der Waals surface area (Å²) >= 11 is 0. The Morgan fingerprint density at radius 3 is 2.71 bits per heavy atom. The predicted molar refractivity (Wildman–Crippen MR) is 79.6 cm³/mol. The zero-order valence-electron chi connectivity index (χ0n) is 12.4. The number of nitrogens with one attached hydrogen (secondary N) is 1. The summed E-state index contributed by atoms with van der Waals surface area (Å²) in [4.78, 5) is 13.7. The molecule has 0 unspecified atom stereocenters. The van der Waals surface area contributed by atoms with Gasteiger partial charge >= 0.3 is 5.97 Å². The average molecular weight is 290 g/mol. The highest BCUT2D eigenvalue weighted by molar-refractivity contribution is 5.81. The molecule has 0 aromatic heterocycles. The van der Waals surface area contributed by atoms with E-state index < -0.39 is 11.6 Å². The molecule has 1 heterocycles. The molecule has 0 bridgehead atoms. The van der Waals surface area contributed by atoms with Crippen LogP contribution in [-0.2, 0) is 11.3 Å². The Labute approximate surface area is 124 Å². The number of ether oxygens (including phenoxy) is 1. The highest BCUT2D eigenvalue weighted by Crippen LogP contribution is 2.41. The van der Waals surface area contributed by atoms with E-state index in [2.05, 4.69) is 22.3 Å². The highest BCUT2D eigenvalue weighted by atomic mass is 16.5. The van der Waals surface area contributed by atoms with Crippen molar-refractivity contribution in [2.75, 3.05) is 26.2 Å². The van der Waals surface area contributed by atoms with Crippen LogP contribution < -0.4 is 10.1 Å². The van der Waals surface area contributed by atoms with Crippen molar-refractivity contribution >= 4 is 5.97 Å². The Hall–Kier alpha value is -1.59. The number of nitrogens with zero attached hydrogens (tertiary/aromatic N) is 1. The lowest BCUT2D eigenvalue weighted by Gasteiger charge is -2.28. The van der Waals surface area contributed by atoms with Crippen molar-refractivity contribution in [2.45, 2.75) is 31.9 Å². The molecule has 1 aliphatic carbocycles. The molecule has 2 aliphatic rings. The van der Waals surface area contributed by atoms with Crippen LogP contribution in [0.5, 0.6) is 5.75 Å². The van der Waals surface area contributed by atoms with Gasteiger partial charge in [0.05, 0.1) is 0 Å². The highest BCUT2D eigenvalue weighted by Gasteiger charge is 2.53. The van der Waals surface area contributed by atoms with E-state index in [0.29, 0.717) is 12.8 Å². The van der Waals surface area contributed by atoms with Crippen LogP contribution in [0.25, 0.3) is 0 Å². The van der Waals surface area contributed by atoms with Gasteiger partial charge in [0.1, 0.15) is 5.75 Å². The van der Waals surface area contributed by atoms with Crippen molar-refractivity contribution in [2.24, 2.45) is 0 Å². The first-order valence-corrected chi connectivity index (χ1v) is 7.54. The molecule has 5 heteroatoms. The molecule has 0 spiro atoms. The summed E-state index contributed by atoms with van der Waals surface area (Å²) in [6.07, 6.45) is 1.20. The maximum atomic E-state index is 11.3. The summed E-state index contributed by atoms with van der Waals surface area (Å²) in [6, 6.07) is 6.08. The van der Waals surface area contributed by atoms with Gasteiger partial charge in [0.2, 0.25) is 5.60 Å². The third-order valence-electron chi connectivity index (χ3n) is 4.23. The van der Waals surface area contributed by atoms with E-state index in [9.17, 15) is 9.90 Å². The summed E-state index contributed by atoms with van der Waals surface area (Å²) in [5.74, 6) is -0.120. The Morgan fingerprint density at radius 1 is 1.38 bits per heavy atom. The van der Waals surface area contributed by atoms with Gasteiger partial charge in [0.15, 0.2) is 0 Å². The topological polar surface area (TPSA) is 61.8 Å². The minimum Gasteiger partial charge on any atom is -0.478 e. The second kappa shape index (κ2) is 5.66. The summed E-state index contributed by atoms with van der Waals surface area (Å²) in [5.41, 5.74) is 1.19. The minimum absolute atomic E-state index is 0.601. The summed E-state index contributed by atoms with van der Waals surface area (Å²) < 4.78 is 5.89. The lowest BCUT2D eigenvalue weighted by atomic mass is 10.1. The van der Waals surface area contributed by atoms with E-state index in [0.717, 1.165) is 49.6 Å². The van der Waals surface area contributed by atoms with E-state index in [1.165, 1.54) is 0 Å². The number of piperazine rings is 1. The molecule has 114 valence electrons. The lowest BCUT2D eigenvalue weighted by molar-refractivity contribution is -0.147. The van der Waals surface area contributed by atoms with Crippen molar-refractivity contribution in [3.8, 4) is 5.75 Å². The first-order valence-electron chi connectivity index (χ1n) is 7.54. The fourth-order valence-corrected chi connectivity index (χ4v) is 2.68. The molecule has 3 rings (SSSR count). The molecular weight excluding hydrogens is 268 g/mol. The summed E-state index contributed by atoms with van der Waals surface area (Å²) in [6.45, 7) is 6.84. The molecule has 1 aromatic rings. The standard InChI is InChI=1S/C16H22N2O3/c1-12-2-3-13(11-18-8-6-17-7-9-18)14(10-12)21-16(4-5-16)15(19)20/h2-3,10,17H,4-9,11H2,1H3,(H,19,20). The Bertz CT molecular complexity index is 534. The molecule has 0 amide bonds. The number of benzene rings is 1. The largest absolute Gasteiger partial charge is 0.478 e. The molecule has 1 aromatic carbocycles. The van der Waals surface area contributed by atoms with Crippen molar-refractivity contribution < 1.29 is 14.6 Å². The van der Waals surface area contributed by atoms with E-state index in [-0.39, 0.29) is 0 Å². The number of rotatable bonds is 5. The molecular formula is C16H22N2O3. The molecule has 1 aliphatic heterocycles. The maximum absolute atomic E-state index is 11.3. The van der Waals surface area contributed by atoms with E-state index in [1.54, 1.807) is 0 Å². The third kappa shape index (κ3) is 3.19. The maximum Gasteiger partial charge on any atom is 0.348 e. The van der Waals surface area contributed by atoms with Gasteiger partial charge in [-0.05, 0) is 18.6 Å². The van der Waals surface area contributed by atoms with Crippen LogP contribution in [0, 0.1) is 6.92 Å². The van der Waals surface area contributed by atoms with Gasteiger partial charge in [0, 0.05) is 51.1 Å². The van der Waals surface area contributed by atoms with Crippen molar-refractivity contribution in [3.05, 3.63) is 29.3 Å². The Kier molecular flexibility index (Phi) is 3.87. The first kappa shape index (κ1) is 14.4. The van der Waals surface area contributed by atoms with Crippen LogP contribution in [0.4, 0.5) is 0 Å².